The van der Waals surface area contributed by atoms with Crippen LogP contribution >= 0.6 is 0 Å². The molecule has 0 atom stereocenters. The van der Waals surface area contributed by atoms with Crippen LogP contribution in [0.3, 0.4) is 0 Å². The maximum absolute atomic E-state index is 13.2. The normalized spacial score (nSPS) is 27.1. The Bertz CT molecular complexity index is 1210. The first-order valence-electron chi connectivity index (χ1n) is 12.7. The molecule has 2 amide bonds. The zero-order valence-electron chi connectivity index (χ0n) is 19.7. The van der Waals surface area contributed by atoms with Crippen LogP contribution in [-0.2, 0) is 17.9 Å². The van der Waals surface area contributed by atoms with Crippen LogP contribution in [0.15, 0.2) is 48.5 Å². The predicted molar refractivity (Wildman–Crippen MR) is 132 cm³/mol. The molecule has 3 aromatic rings. The van der Waals surface area contributed by atoms with E-state index in [-0.39, 0.29) is 17.2 Å². The van der Waals surface area contributed by atoms with Gasteiger partial charge < -0.3 is 9.88 Å². The van der Waals surface area contributed by atoms with Gasteiger partial charge in [-0.25, -0.2) is 4.98 Å². The van der Waals surface area contributed by atoms with Crippen molar-refractivity contribution in [1.82, 2.24) is 14.9 Å². The summed E-state index contributed by atoms with van der Waals surface area (Å²) in [5.74, 6) is 2.89. The molecule has 4 aliphatic carbocycles. The highest BCUT2D eigenvalue weighted by Gasteiger charge is 2.54. The summed E-state index contributed by atoms with van der Waals surface area (Å²) in [7, 11) is 0. The maximum Gasteiger partial charge on any atom is 0.257 e. The molecule has 6 nitrogen and oxygen atoms in total. The Labute approximate surface area is 200 Å². The monoisotopic (exact) mass is 456 g/mol. The van der Waals surface area contributed by atoms with Crippen molar-refractivity contribution in [3.05, 3.63) is 59.7 Å². The van der Waals surface area contributed by atoms with Gasteiger partial charge in [0.25, 0.3) is 5.91 Å². The Morgan fingerprint density at radius 3 is 2.26 bits per heavy atom. The molecule has 1 heterocycles. The standard InChI is InChI=1S/C28H32N4O2/c1-2-32-24-6-4-3-5-23(24)30-27(32)31-25(33)22-9-7-18(8-10-22)17-29-26(34)28-14-19-11-20(15-28)13-21(12-19)16-28/h3-10,19-21H,2,11-17H2,1H3,(H,29,34)(H,30,31,33). The molecular formula is C28H32N4O2. The number of amides is 2. The number of fused-ring (bicyclic) bond motifs is 1. The summed E-state index contributed by atoms with van der Waals surface area (Å²) < 4.78 is 2.00. The van der Waals surface area contributed by atoms with Crippen molar-refractivity contribution < 1.29 is 9.59 Å². The molecular weight excluding hydrogens is 424 g/mol. The van der Waals surface area contributed by atoms with E-state index in [2.05, 4.69) is 15.6 Å². The van der Waals surface area contributed by atoms with E-state index >= 15 is 0 Å². The maximum atomic E-state index is 13.2. The van der Waals surface area contributed by atoms with Crippen LogP contribution in [0, 0.1) is 23.2 Å². The molecule has 4 saturated carbocycles. The average Bonchev–Trinajstić information content (AvgIpc) is 3.18. The van der Waals surface area contributed by atoms with Crippen molar-refractivity contribution in [1.29, 1.82) is 0 Å². The van der Waals surface area contributed by atoms with Crippen LogP contribution in [-0.4, -0.2) is 21.4 Å². The minimum Gasteiger partial charge on any atom is -0.352 e. The SMILES string of the molecule is CCn1c(NC(=O)c2ccc(CNC(=O)C34CC5CC(CC(C5)C3)C4)cc2)nc2ccccc21. The molecule has 0 spiro atoms. The first kappa shape index (κ1) is 21.4. The minimum absolute atomic E-state index is 0.126. The summed E-state index contributed by atoms with van der Waals surface area (Å²) in [5.41, 5.74) is 3.33. The molecule has 6 heteroatoms. The summed E-state index contributed by atoms with van der Waals surface area (Å²) in [5, 5.41) is 6.18. The lowest BCUT2D eigenvalue weighted by molar-refractivity contribution is -0.146. The lowest BCUT2D eigenvalue weighted by Gasteiger charge is -2.55. The lowest BCUT2D eigenvalue weighted by Crippen LogP contribution is -2.53. The highest BCUT2D eigenvalue weighted by Crippen LogP contribution is 2.60. The summed E-state index contributed by atoms with van der Waals surface area (Å²) >= 11 is 0. The van der Waals surface area contributed by atoms with Crippen molar-refractivity contribution in [3.63, 3.8) is 0 Å². The summed E-state index contributed by atoms with van der Waals surface area (Å²) in [6.45, 7) is 3.27. The molecule has 1 aromatic heterocycles. The highest BCUT2D eigenvalue weighted by atomic mass is 16.2. The number of aryl methyl sites for hydroxylation is 1. The van der Waals surface area contributed by atoms with Crippen LogP contribution in [0.4, 0.5) is 5.95 Å². The molecule has 7 rings (SSSR count). The van der Waals surface area contributed by atoms with Crippen molar-refractivity contribution in [3.8, 4) is 0 Å². The molecule has 0 unspecified atom stereocenters. The number of carbonyl (C=O) groups excluding carboxylic acids is 2. The lowest BCUT2D eigenvalue weighted by atomic mass is 9.49. The molecule has 2 N–H and O–H groups in total. The molecule has 0 aliphatic heterocycles. The Kier molecular flexibility index (Phi) is 5.19. The first-order chi connectivity index (χ1) is 16.5. The Morgan fingerprint density at radius 2 is 1.62 bits per heavy atom. The molecule has 176 valence electrons. The number of carbonyl (C=O) groups is 2. The zero-order chi connectivity index (χ0) is 23.3. The number of nitrogens with zero attached hydrogens (tertiary/aromatic N) is 2. The molecule has 4 aliphatic rings. The van der Waals surface area contributed by atoms with Gasteiger partial charge >= 0.3 is 0 Å². The fraction of sp³-hybridized carbons (Fsp3) is 0.464. The van der Waals surface area contributed by atoms with E-state index in [1.807, 2.05) is 60.0 Å². The van der Waals surface area contributed by atoms with Crippen molar-refractivity contribution >= 4 is 28.8 Å². The second-order valence-electron chi connectivity index (χ2n) is 10.7. The second kappa shape index (κ2) is 8.26. The van der Waals surface area contributed by atoms with E-state index < -0.39 is 0 Å². The number of aromatic nitrogens is 2. The molecule has 4 fully saturated rings. The molecule has 2 aromatic carbocycles. The van der Waals surface area contributed by atoms with Gasteiger partial charge in [0.15, 0.2) is 0 Å². The molecule has 0 saturated heterocycles. The van der Waals surface area contributed by atoms with Gasteiger partial charge in [0.05, 0.1) is 11.0 Å². The van der Waals surface area contributed by atoms with E-state index in [1.165, 1.54) is 19.3 Å². The number of rotatable bonds is 6. The Hall–Kier alpha value is -3.15. The third kappa shape index (κ3) is 3.69. The zero-order valence-corrected chi connectivity index (χ0v) is 19.7. The third-order valence-corrected chi connectivity index (χ3v) is 8.39. The van der Waals surface area contributed by atoms with Crippen LogP contribution in [0.1, 0.15) is 61.4 Å². The van der Waals surface area contributed by atoms with Gasteiger partial charge in [-0.15, -0.1) is 0 Å². The fourth-order valence-electron chi connectivity index (χ4n) is 7.20. The van der Waals surface area contributed by atoms with Gasteiger partial charge in [-0.05, 0) is 93.0 Å². The van der Waals surface area contributed by atoms with E-state index in [4.69, 9.17) is 0 Å². The fourth-order valence-corrected chi connectivity index (χ4v) is 7.20. The quantitative estimate of drug-likeness (QED) is 0.539. The van der Waals surface area contributed by atoms with Crippen LogP contribution < -0.4 is 10.6 Å². The first-order valence-corrected chi connectivity index (χ1v) is 12.7. The summed E-state index contributed by atoms with van der Waals surface area (Å²) in [6.07, 6.45) is 7.24. The van der Waals surface area contributed by atoms with Gasteiger partial charge in [0, 0.05) is 24.1 Å². The predicted octanol–water partition coefficient (Wildman–Crippen LogP) is 5.14. The molecule has 4 bridgehead atoms. The molecule has 0 radical (unpaired) electrons. The average molecular weight is 457 g/mol. The van der Waals surface area contributed by atoms with Crippen molar-refractivity contribution in [2.75, 3.05) is 5.32 Å². The number of hydrogen-bond acceptors (Lipinski definition) is 3. The van der Waals surface area contributed by atoms with Crippen molar-refractivity contribution in [2.45, 2.75) is 58.5 Å². The van der Waals surface area contributed by atoms with Gasteiger partial charge in [0.1, 0.15) is 0 Å². The van der Waals surface area contributed by atoms with Crippen molar-refractivity contribution in [2.24, 2.45) is 23.2 Å². The number of anilines is 1. The van der Waals surface area contributed by atoms with Gasteiger partial charge in [-0.1, -0.05) is 24.3 Å². The van der Waals surface area contributed by atoms with E-state index in [9.17, 15) is 9.59 Å². The number of para-hydroxylation sites is 2. The largest absolute Gasteiger partial charge is 0.352 e. The van der Waals surface area contributed by atoms with Gasteiger partial charge in [0.2, 0.25) is 11.9 Å². The number of benzene rings is 2. The van der Waals surface area contributed by atoms with Crippen LogP contribution in [0.5, 0.6) is 0 Å². The van der Waals surface area contributed by atoms with E-state index in [1.54, 1.807) is 0 Å². The van der Waals surface area contributed by atoms with Gasteiger partial charge in [-0.2, -0.15) is 0 Å². The van der Waals surface area contributed by atoms with E-state index in [0.717, 1.165) is 60.2 Å². The molecule has 34 heavy (non-hydrogen) atoms. The summed E-state index contributed by atoms with van der Waals surface area (Å²) in [6, 6.07) is 15.4. The number of nitrogens with one attached hydrogen (secondary N) is 2. The Balaban J connectivity index is 1.10. The minimum atomic E-state index is -0.186. The summed E-state index contributed by atoms with van der Waals surface area (Å²) in [4.78, 5) is 30.6. The smallest absolute Gasteiger partial charge is 0.257 e. The van der Waals surface area contributed by atoms with Crippen LogP contribution in [0.2, 0.25) is 0 Å². The Morgan fingerprint density at radius 1 is 0.971 bits per heavy atom. The number of hydrogen-bond donors (Lipinski definition) is 2. The van der Waals surface area contributed by atoms with Gasteiger partial charge in [-0.3, -0.25) is 14.9 Å². The van der Waals surface area contributed by atoms with Crippen LogP contribution in [0.25, 0.3) is 11.0 Å². The number of imidazole rings is 1. The second-order valence-corrected chi connectivity index (χ2v) is 10.7. The van der Waals surface area contributed by atoms with E-state index in [0.29, 0.717) is 18.1 Å². The topological polar surface area (TPSA) is 76.0 Å². The third-order valence-electron chi connectivity index (χ3n) is 8.39. The highest BCUT2D eigenvalue weighted by molar-refractivity contribution is 6.04.